The van der Waals surface area contributed by atoms with Crippen LogP contribution in [0, 0.1) is 5.82 Å². The zero-order chi connectivity index (χ0) is 17.6. The first kappa shape index (κ1) is 16.4. The summed E-state index contributed by atoms with van der Waals surface area (Å²) in [4.78, 5) is 23.8. The van der Waals surface area contributed by atoms with Gasteiger partial charge in [0.05, 0.1) is 6.42 Å². The molecule has 0 atom stereocenters. The number of carbonyl (C=O) groups excluding carboxylic acids is 2. The summed E-state index contributed by atoms with van der Waals surface area (Å²) in [5, 5.41) is 3.67. The summed E-state index contributed by atoms with van der Waals surface area (Å²) < 4.78 is 18.6. The predicted molar refractivity (Wildman–Crippen MR) is 87.7 cm³/mol. The van der Waals surface area contributed by atoms with Crippen LogP contribution in [-0.2, 0) is 11.2 Å². The highest BCUT2D eigenvalue weighted by atomic mass is 19.1. The molecule has 6 nitrogen and oxygen atoms in total. The van der Waals surface area contributed by atoms with Crippen molar-refractivity contribution in [2.24, 2.45) is 0 Å². The second kappa shape index (κ2) is 7.39. The first-order chi connectivity index (χ1) is 12.1. The van der Waals surface area contributed by atoms with Gasteiger partial charge in [-0.2, -0.15) is 0 Å². The maximum Gasteiger partial charge on any atom is 0.291 e. The highest BCUT2D eigenvalue weighted by molar-refractivity contribution is 5.94. The Morgan fingerprint density at radius 3 is 2.48 bits per heavy atom. The summed E-state index contributed by atoms with van der Waals surface area (Å²) in [7, 11) is 0. The maximum atomic E-state index is 13.5. The molecule has 0 radical (unpaired) electrons. The summed E-state index contributed by atoms with van der Waals surface area (Å²) in [6, 6.07) is 16.6. The van der Waals surface area contributed by atoms with Crippen molar-refractivity contribution >= 4 is 11.8 Å². The molecule has 25 heavy (non-hydrogen) atoms. The smallest absolute Gasteiger partial charge is 0.291 e. The van der Waals surface area contributed by atoms with E-state index in [1.54, 1.807) is 6.07 Å². The number of benzene rings is 2. The van der Waals surface area contributed by atoms with Gasteiger partial charge in [0.25, 0.3) is 5.91 Å². The van der Waals surface area contributed by atoms with Crippen molar-refractivity contribution in [3.05, 3.63) is 77.7 Å². The van der Waals surface area contributed by atoms with Crippen LogP contribution in [0.3, 0.4) is 0 Å². The fraction of sp³-hybridized carbons (Fsp3) is 0.0556. The molecule has 1 heterocycles. The molecule has 0 aliphatic rings. The summed E-state index contributed by atoms with van der Waals surface area (Å²) >= 11 is 0. The Labute approximate surface area is 142 Å². The summed E-state index contributed by atoms with van der Waals surface area (Å²) in [6.45, 7) is 0. The third-order valence-corrected chi connectivity index (χ3v) is 3.43. The number of halogens is 1. The molecule has 2 amide bonds. The molecule has 0 saturated carbocycles. The Hall–Kier alpha value is -3.48. The number of nitrogens with one attached hydrogen (secondary N) is 2. The van der Waals surface area contributed by atoms with Crippen LogP contribution in [0.2, 0.25) is 0 Å². The summed E-state index contributed by atoms with van der Waals surface area (Å²) in [6.07, 6.45) is -0.193. The van der Waals surface area contributed by atoms with Crippen LogP contribution >= 0.6 is 0 Å². The topological polar surface area (TPSA) is 84.2 Å². The van der Waals surface area contributed by atoms with E-state index in [2.05, 4.69) is 16.0 Å². The normalized spacial score (nSPS) is 10.3. The molecule has 0 aliphatic heterocycles. The van der Waals surface area contributed by atoms with E-state index in [-0.39, 0.29) is 17.7 Å². The van der Waals surface area contributed by atoms with E-state index in [0.29, 0.717) is 5.76 Å². The minimum absolute atomic E-state index is 0.0186. The quantitative estimate of drug-likeness (QED) is 0.715. The second-order valence-corrected chi connectivity index (χ2v) is 5.21. The number of hydrazine groups is 1. The van der Waals surface area contributed by atoms with Gasteiger partial charge in [-0.3, -0.25) is 20.4 Å². The van der Waals surface area contributed by atoms with Gasteiger partial charge in [0.1, 0.15) is 5.82 Å². The van der Waals surface area contributed by atoms with Crippen molar-refractivity contribution in [1.29, 1.82) is 0 Å². The minimum Gasteiger partial charge on any atom is -0.355 e. The zero-order valence-electron chi connectivity index (χ0n) is 13.0. The molecule has 0 fully saturated rings. The predicted octanol–water partition coefficient (Wildman–Crippen LogP) is 2.48. The van der Waals surface area contributed by atoms with E-state index in [9.17, 15) is 14.0 Å². The first-order valence-corrected chi connectivity index (χ1v) is 7.48. The van der Waals surface area contributed by atoms with Gasteiger partial charge in [0, 0.05) is 11.6 Å². The van der Waals surface area contributed by atoms with Gasteiger partial charge >= 0.3 is 0 Å². The molecule has 2 aromatic carbocycles. The number of aromatic nitrogens is 1. The molecule has 1 aromatic heterocycles. The standard InChI is InChI=1S/C18H14FN3O3/c19-14-9-5-4-8-13(14)10-17(23)20-21-18(24)15-11-16(25-22-15)12-6-2-1-3-7-12/h1-9,11H,10H2,(H,20,23)(H,21,24). The van der Waals surface area contributed by atoms with Gasteiger partial charge in [0.2, 0.25) is 5.91 Å². The van der Waals surface area contributed by atoms with Crippen molar-refractivity contribution in [3.63, 3.8) is 0 Å². The molecule has 0 unspecified atom stereocenters. The Kier molecular flexibility index (Phi) is 4.84. The summed E-state index contributed by atoms with van der Waals surface area (Å²) in [5.74, 6) is -1.23. The minimum atomic E-state index is -0.632. The molecule has 126 valence electrons. The van der Waals surface area contributed by atoms with E-state index in [1.165, 1.54) is 24.3 Å². The van der Waals surface area contributed by atoms with Crippen LogP contribution in [0.25, 0.3) is 11.3 Å². The average molecular weight is 339 g/mol. The maximum absolute atomic E-state index is 13.5. The number of rotatable bonds is 4. The van der Waals surface area contributed by atoms with Gasteiger partial charge in [-0.25, -0.2) is 4.39 Å². The number of carbonyl (C=O) groups is 2. The summed E-state index contributed by atoms with van der Waals surface area (Å²) in [5.41, 5.74) is 5.47. The third-order valence-electron chi connectivity index (χ3n) is 3.43. The highest BCUT2D eigenvalue weighted by Crippen LogP contribution is 2.19. The van der Waals surface area contributed by atoms with E-state index in [1.807, 2.05) is 30.3 Å². The van der Waals surface area contributed by atoms with E-state index in [0.717, 1.165) is 5.56 Å². The van der Waals surface area contributed by atoms with Gasteiger partial charge in [-0.05, 0) is 11.6 Å². The molecule has 3 rings (SSSR count). The lowest BCUT2D eigenvalue weighted by molar-refractivity contribution is -0.121. The van der Waals surface area contributed by atoms with Crippen LogP contribution < -0.4 is 10.9 Å². The zero-order valence-corrected chi connectivity index (χ0v) is 13.0. The number of hydrogen-bond acceptors (Lipinski definition) is 4. The van der Waals surface area contributed by atoms with Crippen molar-refractivity contribution < 1.29 is 18.5 Å². The SMILES string of the molecule is O=C(Cc1ccccc1F)NNC(=O)c1cc(-c2ccccc2)on1. The average Bonchev–Trinajstić information content (AvgIpc) is 3.13. The second-order valence-electron chi connectivity index (χ2n) is 5.21. The Bertz CT molecular complexity index is 893. The van der Waals surface area contributed by atoms with Crippen molar-refractivity contribution in [2.45, 2.75) is 6.42 Å². The molecule has 3 aromatic rings. The first-order valence-electron chi connectivity index (χ1n) is 7.48. The molecular weight excluding hydrogens is 325 g/mol. The lowest BCUT2D eigenvalue weighted by Gasteiger charge is -2.06. The molecular formula is C18H14FN3O3. The van der Waals surface area contributed by atoms with Gasteiger partial charge < -0.3 is 4.52 Å². The third kappa shape index (κ3) is 4.08. The number of nitrogens with zero attached hydrogens (tertiary/aromatic N) is 1. The van der Waals surface area contributed by atoms with Gasteiger partial charge in [-0.15, -0.1) is 0 Å². The molecule has 7 heteroatoms. The van der Waals surface area contributed by atoms with Crippen LogP contribution in [-0.4, -0.2) is 17.0 Å². The lowest BCUT2D eigenvalue weighted by atomic mass is 10.1. The van der Waals surface area contributed by atoms with Crippen molar-refractivity contribution in [3.8, 4) is 11.3 Å². The van der Waals surface area contributed by atoms with Crippen molar-refractivity contribution in [2.75, 3.05) is 0 Å². The van der Waals surface area contributed by atoms with E-state index >= 15 is 0 Å². The molecule has 0 aliphatic carbocycles. The molecule has 2 N–H and O–H groups in total. The fourth-order valence-corrected chi connectivity index (χ4v) is 2.17. The number of amides is 2. The largest absolute Gasteiger partial charge is 0.355 e. The van der Waals surface area contributed by atoms with E-state index < -0.39 is 17.6 Å². The van der Waals surface area contributed by atoms with Gasteiger partial charge in [0.15, 0.2) is 11.5 Å². The molecule has 0 spiro atoms. The monoisotopic (exact) mass is 339 g/mol. The molecule has 0 saturated heterocycles. The van der Waals surface area contributed by atoms with Crippen LogP contribution in [0.1, 0.15) is 16.1 Å². The van der Waals surface area contributed by atoms with Crippen LogP contribution in [0.5, 0.6) is 0 Å². The fourth-order valence-electron chi connectivity index (χ4n) is 2.17. The van der Waals surface area contributed by atoms with E-state index in [4.69, 9.17) is 4.52 Å². The van der Waals surface area contributed by atoms with Crippen molar-refractivity contribution in [1.82, 2.24) is 16.0 Å². The Balaban J connectivity index is 1.57. The van der Waals surface area contributed by atoms with Crippen LogP contribution in [0.4, 0.5) is 4.39 Å². The Morgan fingerprint density at radius 2 is 1.72 bits per heavy atom. The highest BCUT2D eigenvalue weighted by Gasteiger charge is 2.15. The Morgan fingerprint density at radius 1 is 1.00 bits per heavy atom. The van der Waals surface area contributed by atoms with Crippen LogP contribution in [0.15, 0.2) is 65.2 Å². The van der Waals surface area contributed by atoms with Gasteiger partial charge in [-0.1, -0.05) is 53.7 Å². The molecule has 0 bridgehead atoms. The lowest BCUT2D eigenvalue weighted by Crippen LogP contribution is -2.42. The number of hydrogen-bond donors (Lipinski definition) is 2.